The molecule has 118 valence electrons. The van der Waals surface area contributed by atoms with E-state index in [2.05, 4.69) is 0 Å². The molecular weight excluding hydrogens is 301 g/mol. The van der Waals surface area contributed by atoms with Crippen molar-refractivity contribution in [1.29, 1.82) is 0 Å². The van der Waals surface area contributed by atoms with E-state index < -0.39 is 24.1 Å². The van der Waals surface area contributed by atoms with Gasteiger partial charge in [0.05, 0.1) is 7.11 Å². The lowest BCUT2D eigenvalue weighted by Crippen LogP contribution is -2.70. The molecule has 0 aliphatic carbocycles. The van der Waals surface area contributed by atoms with Gasteiger partial charge in [-0.25, -0.2) is 4.39 Å². The number of aliphatic hydroxyl groups is 1. The lowest BCUT2D eigenvalue weighted by atomic mass is 9.85. The Hall–Kier alpha value is -2.60. The molecule has 3 atom stereocenters. The van der Waals surface area contributed by atoms with Crippen molar-refractivity contribution in [3.05, 3.63) is 53.8 Å². The van der Waals surface area contributed by atoms with Crippen molar-refractivity contribution in [3.63, 3.8) is 0 Å². The van der Waals surface area contributed by atoms with Crippen LogP contribution in [0.4, 0.5) is 10.1 Å². The van der Waals surface area contributed by atoms with Gasteiger partial charge >= 0.3 is 0 Å². The average Bonchev–Trinajstić information content (AvgIpc) is 2.57. The zero-order valence-electron chi connectivity index (χ0n) is 12.3. The van der Waals surface area contributed by atoms with Crippen molar-refractivity contribution < 1.29 is 23.8 Å². The number of fused-ring (bicyclic) bond motifs is 2. The summed E-state index contributed by atoms with van der Waals surface area (Å²) in [4.78, 5) is 13.8. The summed E-state index contributed by atoms with van der Waals surface area (Å²) in [5.74, 6) is 0.342. The van der Waals surface area contributed by atoms with Crippen LogP contribution in [0.3, 0.4) is 0 Å². The molecular formula is C17H14FNO4. The molecule has 4 rings (SSSR count). The molecule has 2 aromatic rings. The van der Waals surface area contributed by atoms with Crippen molar-refractivity contribution in [1.82, 2.24) is 0 Å². The molecule has 0 radical (unpaired) electrons. The summed E-state index contributed by atoms with van der Waals surface area (Å²) >= 11 is 0. The molecule has 0 bridgehead atoms. The molecule has 1 amide bonds. The number of ether oxygens (including phenoxy) is 2. The topological polar surface area (TPSA) is 59.0 Å². The maximum Gasteiger partial charge on any atom is 0.270 e. The molecule has 2 aliphatic rings. The minimum absolute atomic E-state index is 0.228. The average molecular weight is 315 g/mol. The summed E-state index contributed by atoms with van der Waals surface area (Å²) in [5, 5.41) is 10.6. The van der Waals surface area contributed by atoms with Gasteiger partial charge in [-0.1, -0.05) is 0 Å². The van der Waals surface area contributed by atoms with Crippen LogP contribution in [0.5, 0.6) is 11.5 Å². The fourth-order valence-corrected chi connectivity index (χ4v) is 3.13. The van der Waals surface area contributed by atoms with Crippen LogP contribution < -0.4 is 14.4 Å². The van der Waals surface area contributed by atoms with Gasteiger partial charge in [0.25, 0.3) is 5.91 Å². The first-order valence-electron chi connectivity index (χ1n) is 7.21. The van der Waals surface area contributed by atoms with Gasteiger partial charge in [0.2, 0.25) is 6.10 Å². The number of nitrogens with zero attached hydrogens (tertiary/aromatic N) is 1. The van der Waals surface area contributed by atoms with Crippen molar-refractivity contribution in [2.24, 2.45) is 0 Å². The second kappa shape index (κ2) is 4.96. The van der Waals surface area contributed by atoms with Gasteiger partial charge < -0.3 is 14.6 Å². The van der Waals surface area contributed by atoms with Crippen LogP contribution in [0.25, 0.3) is 0 Å². The first-order valence-corrected chi connectivity index (χ1v) is 7.21. The maximum atomic E-state index is 13.4. The minimum Gasteiger partial charge on any atom is -0.497 e. The predicted molar refractivity (Wildman–Crippen MR) is 80.0 cm³/mol. The molecule has 2 heterocycles. The van der Waals surface area contributed by atoms with Crippen molar-refractivity contribution >= 4 is 11.6 Å². The highest BCUT2D eigenvalue weighted by molar-refractivity contribution is 6.05. The van der Waals surface area contributed by atoms with Crippen LogP contribution in [0.15, 0.2) is 42.5 Å². The van der Waals surface area contributed by atoms with Gasteiger partial charge in [-0.15, -0.1) is 0 Å². The Balaban J connectivity index is 1.69. The fraction of sp³-hybridized carbons (Fsp3) is 0.235. The minimum atomic E-state index is -1.00. The number of hydrogen-bond donors (Lipinski definition) is 1. The molecule has 23 heavy (non-hydrogen) atoms. The largest absolute Gasteiger partial charge is 0.497 e. The molecule has 5 nitrogen and oxygen atoms in total. The number of hydrogen-bond acceptors (Lipinski definition) is 4. The second-order valence-corrected chi connectivity index (χ2v) is 5.56. The predicted octanol–water partition coefficient (Wildman–Crippen LogP) is 2.04. The number of carbonyl (C=O) groups is 1. The Morgan fingerprint density at radius 2 is 1.96 bits per heavy atom. The zero-order chi connectivity index (χ0) is 16.1. The number of amides is 1. The Morgan fingerprint density at radius 3 is 2.65 bits per heavy atom. The lowest BCUT2D eigenvalue weighted by molar-refractivity contribution is -0.141. The molecule has 6 heteroatoms. The third kappa shape index (κ3) is 1.98. The maximum absolute atomic E-state index is 13.4. The Kier molecular flexibility index (Phi) is 3.02. The van der Waals surface area contributed by atoms with Crippen LogP contribution in [0.2, 0.25) is 0 Å². The Labute approximate surface area is 131 Å². The third-order valence-electron chi connectivity index (χ3n) is 4.31. The van der Waals surface area contributed by atoms with E-state index in [1.807, 2.05) is 0 Å². The van der Waals surface area contributed by atoms with Crippen LogP contribution >= 0.6 is 0 Å². The van der Waals surface area contributed by atoms with Crippen molar-refractivity contribution in [2.75, 3.05) is 12.0 Å². The molecule has 0 aromatic heterocycles. The number of β-lactam (4-membered cyclic amide) rings is 1. The van der Waals surface area contributed by atoms with E-state index >= 15 is 0 Å². The molecule has 1 N–H and O–H groups in total. The number of anilines is 1. The molecule has 0 spiro atoms. The van der Waals surface area contributed by atoms with Gasteiger partial charge in [0.15, 0.2) is 0 Å². The summed E-state index contributed by atoms with van der Waals surface area (Å²) in [5.41, 5.74) is 0.997. The number of carbonyl (C=O) groups excluding carboxylic acids is 1. The molecule has 0 saturated carbocycles. The highest BCUT2D eigenvalue weighted by Crippen LogP contribution is 2.44. The second-order valence-electron chi connectivity index (χ2n) is 5.56. The van der Waals surface area contributed by atoms with E-state index in [9.17, 15) is 14.3 Å². The smallest absolute Gasteiger partial charge is 0.270 e. The van der Waals surface area contributed by atoms with Gasteiger partial charge in [-0.3, -0.25) is 9.69 Å². The van der Waals surface area contributed by atoms with E-state index in [0.717, 1.165) is 0 Å². The van der Waals surface area contributed by atoms with E-state index in [4.69, 9.17) is 9.47 Å². The third-order valence-corrected chi connectivity index (χ3v) is 4.31. The quantitative estimate of drug-likeness (QED) is 0.862. The number of rotatable bonds is 2. The lowest BCUT2D eigenvalue weighted by Gasteiger charge is -2.51. The van der Waals surface area contributed by atoms with Gasteiger partial charge in [0.1, 0.15) is 29.5 Å². The van der Waals surface area contributed by atoms with Gasteiger partial charge in [-0.05, 0) is 42.5 Å². The summed E-state index contributed by atoms with van der Waals surface area (Å²) in [7, 11) is 1.56. The van der Waals surface area contributed by atoms with Gasteiger partial charge in [-0.2, -0.15) is 0 Å². The number of methoxy groups -OCH3 is 1. The van der Waals surface area contributed by atoms with Crippen molar-refractivity contribution in [3.8, 4) is 11.5 Å². The van der Waals surface area contributed by atoms with Crippen LogP contribution in [-0.2, 0) is 4.79 Å². The van der Waals surface area contributed by atoms with E-state index in [-0.39, 0.29) is 5.91 Å². The van der Waals surface area contributed by atoms with Crippen LogP contribution in [0.1, 0.15) is 11.7 Å². The zero-order valence-corrected chi connectivity index (χ0v) is 12.3. The summed E-state index contributed by atoms with van der Waals surface area (Å²) in [6, 6.07) is 10.3. The molecule has 2 aromatic carbocycles. The number of halogens is 1. The van der Waals surface area contributed by atoms with Crippen LogP contribution in [0, 0.1) is 5.82 Å². The normalized spacial score (nSPS) is 25.1. The molecule has 1 fully saturated rings. The molecule has 2 aliphatic heterocycles. The number of aliphatic hydroxyl groups excluding tert-OH is 1. The highest BCUT2D eigenvalue weighted by Gasteiger charge is 2.56. The van der Waals surface area contributed by atoms with Gasteiger partial charge in [0, 0.05) is 11.3 Å². The summed E-state index contributed by atoms with van der Waals surface area (Å²) in [6.45, 7) is 0. The molecule has 1 saturated heterocycles. The monoisotopic (exact) mass is 315 g/mol. The van der Waals surface area contributed by atoms with Crippen LogP contribution in [-0.4, -0.2) is 30.3 Å². The van der Waals surface area contributed by atoms with E-state index in [0.29, 0.717) is 22.7 Å². The SMILES string of the molecule is COc1ccc(N2C(=O)[C@@H]3Oc4ccc(F)cc4[C@H](O)[C@@H]32)cc1. The fourth-order valence-electron chi connectivity index (χ4n) is 3.13. The van der Waals surface area contributed by atoms with E-state index in [1.54, 1.807) is 31.4 Å². The highest BCUT2D eigenvalue weighted by atomic mass is 19.1. The first kappa shape index (κ1) is 14.0. The Bertz CT molecular complexity index is 777. The summed E-state index contributed by atoms with van der Waals surface area (Å²) < 4.78 is 24.1. The summed E-state index contributed by atoms with van der Waals surface area (Å²) in [6.07, 6.45) is -1.75. The first-order chi connectivity index (χ1) is 11.1. The van der Waals surface area contributed by atoms with Crippen molar-refractivity contribution in [2.45, 2.75) is 18.2 Å². The molecule has 0 unspecified atom stereocenters. The number of benzene rings is 2. The van der Waals surface area contributed by atoms with E-state index in [1.165, 1.54) is 23.1 Å². The standard InChI is InChI=1S/C17H14FNO4/c1-22-11-5-3-10(4-6-11)19-14-15(20)12-8-9(18)2-7-13(12)23-16(14)17(19)21/h2-8,14-16,20H,1H3/t14-,15-,16+/m0/s1. The Morgan fingerprint density at radius 1 is 1.22 bits per heavy atom.